The highest BCUT2D eigenvalue weighted by molar-refractivity contribution is 6.24. The summed E-state index contributed by atoms with van der Waals surface area (Å²) in [5.74, 6) is -1.71. The van der Waals surface area contributed by atoms with Crippen molar-refractivity contribution >= 4 is 23.5 Å². The quantitative estimate of drug-likeness (QED) is 0.488. The van der Waals surface area contributed by atoms with Gasteiger partial charge in [-0.2, -0.15) is 0 Å². The number of methoxy groups -OCH3 is 3. The first-order valence-electron chi connectivity index (χ1n) is 11.0. The number of esters is 1. The fraction of sp³-hybridized carbons (Fsp3) is 0.400. The van der Waals surface area contributed by atoms with Crippen molar-refractivity contribution in [2.75, 3.05) is 32.8 Å². The molecule has 0 radical (unpaired) electrons. The van der Waals surface area contributed by atoms with Crippen LogP contribution in [-0.2, 0) is 19.1 Å². The van der Waals surface area contributed by atoms with Crippen LogP contribution in [0.2, 0.25) is 0 Å². The molecule has 2 aliphatic rings. The molecule has 1 N–H and O–H groups in total. The first-order valence-corrected chi connectivity index (χ1v) is 11.0. The van der Waals surface area contributed by atoms with Gasteiger partial charge in [-0.3, -0.25) is 19.7 Å². The average molecular weight is 469 g/mol. The van der Waals surface area contributed by atoms with E-state index in [4.69, 9.17) is 18.9 Å². The summed E-state index contributed by atoms with van der Waals surface area (Å²) in [6, 6.07) is 11.4. The number of amides is 2. The van der Waals surface area contributed by atoms with Gasteiger partial charge in [-0.25, -0.2) is 4.90 Å². The largest absolute Gasteiger partial charge is 0.497 e. The summed E-state index contributed by atoms with van der Waals surface area (Å²) in [5, 5.41) is 3.25. The SMILES string of the molecule is CCOC(=O)[C@@]1(C)N[C@@H](c2ccc(OC)c(OC)c2)[C@H]2C(=O)N(c3cccc(OC)c3)C(=O)[C@@H]21. The van der Waals surface area contributed by atoms with Crippen LogP contribution < -0.4 is 24.4 Å². The second kappa shape index (κ2) is 8.98. The minimum Gasteiger partial charge on any atom is -0.497 e. The van der Waals surface area contributed by atoms with Crippen LogP contribution >= 0.6 is 0 Å². The number of imide groups is 1. The van der Waals surface area contributed by atoms with Gasteiger partial charge in [-0.15, -0.1) is 0 Å². The Morgan fingerprint density at radius 1 is 1.00 bits per heavy atom. The summed E-state index contributed by atoms with van der Waals surface area (Å²) in [7, 11) is 4.56. The smallest absolute Gasteiger partial charge is 0.326 e. The summed E-state index contributed by atoms with van der Waals surface area (Å²) in [6.07, 6.45) is 0. The van der Waals surface area contributed by atoms with E-state index >= 15 is 0 Å². The molecule has 0 saturated carbocycles. The molecule has 4 atom stereocenters. The number of carbonyl (C=O) groups is 3. The van der Waals surface area contributed by atoms with Gasteiger partial charge in [-0.05, 0) is 43.7 Å². The van der Waals surface area contributed by atoms with Crippen molar-refractivity contribution in [2.24, 2.45) is 11.8 Å². The second-order valence-corrected chi connectivity index (χ2v) is 8.38. The molecule has 0 spiro atoms. The van der Waals surface area contributed by atoms with Crippen molar-refractivity contribution in [2.45, 2.75) is 25.4 Å². The lowest BCUT2D eigenvalue weighted by Gasteiger charge is -2.29. The molecular formula is C25H28N2O7. The Balaban J connectivity index is 1.82. The lowest BCUT2D eigenvalue weighted by Crippen LogP contribution is -2.54. The van der Waals surface area contributed by atoms with E-state index in [2.05, 4.69) is 5.32 Å². The number of fused-ring (bicyclic) bond motifs is 1. The molecule has 2 aliphatic heterocycles. The molecule has 9 nitrogen and oxygen atoms in total. The van der Waals surface area contributed by atoms with Crippen molar-refractivity contribution in [1.29, 1.82) is 0 Å². The Morgan fingerprint density at radius 3 is 2.38 bits per heavy atom. The van der Waals surface area contributed by atoms with Gasteiger partial charge >= 0.3 is 5.97 Å². The molecule has 0 unspecified atom stereocenters. The van der Waals surface area contributed by atoms with E-state index in [1.807, 2.05) is 0 Å². The van der Waals surface area contributed by atoms with E-state index in [9.17, 15) is 14.4 Å². The van der Waals surface area contributed by atoms with Crippen molar-refractivity contribution in [3.8, 4) is 17.2 Å². The number of hydrogen-bond acceptors (Lipinski definition) is 8. The van der Waals surface area contributed by atoms with Gasteiger partial charge in [0.25, 0.3) is 0 Å². The molecule has 2 aromatic carbocycles. The monoisotopic (exact) mass is 468 g/mol. The molecule has 2 heterocycles. The third kappa shape index (κ3) is 3.56. The lowest BCUT2D eigenvalue weighted by atomic mass is 9.80. The molecule has 180 valence electrons. The predicted molar refractivity (Wildman–Crippen MR) is 123 cm³/mol. The fourth-order valence-electron chi connectivity index (χ4n) is 4.94. The molecule has 0 bridgehead atoms. The van der Waals surface area contributed by atoms with E-state index in [-0.39, 0.29) is 6.61 Å². The number of benzene rings is 2. The Bertz CT molecular complexity index is 1130. The van der Waals surface area contributed by atoms with Crippen LogP contribution in [0.25, 0.3) is 0 Å². The molecule has 2 amide bonds. The van der Waals surface area contributed by atoms with E-state index < -0.39 is 41.2 Å². The fourth-order valence-corrected chi connectivity index (χ4v) is 4.94. The average Bonchev–Trinajstić information content (AvgIpc) is 3.31. The number of nitrogens with zero attached hydrogens (tertiary/aromatic N) is 1. The van der Waals surface area contributed by atoms with E-state index in [1.54, 1.807) is 56.3 Å². The zero-order valence-electron chi connectivity index (χ0n) is 19.8. The number of hydrogen-bond donors (Lipinski definition) is 1. The van der Waals surface area contributed by atoms with Gasteiger partial charge in [0.15, 0.2) is 11.5 Å². The van der Waals surface area contributed by atoms with Gasteiger partial charge in [-0.1, -0.05) is 12.1 Å². The van der Waals surface area contributed by atoms with Crippen LogP contribution in [0.5, 0.6) is 17.2 Å². The van der Waals surface area contributed by atoms with Crippen LogP contribution in [0, 0.1) is 11.8 Å². The summed E-state index contributed by atoms with van der Waals surface area (Å²) in [6.45, 7) is 3.46. The van der Waals surface area contributed by atoms with Crippen molar-refractivity contribution in [1.82, 2.24) is 5.32 Å². The van der Waals surface area contributed by atoms with Gasteiger partial charge < -0.3 is 18.9 Å². The first kappa shape index (κ1) is 23.6. The van der Waals surface area contributed by atoms with Crippen LogP contribution in [0.1, 0.15) is 25.5 Å². The highest BCUT2D eigenvalue weighted by Gasteiger charge is 2.67. The van der Waals surface area contributed by atoms with Crippen LogP contribution in [0.3, 0.4) is 0 Å². The Morgan fingerprint density at radius 2 is 1.74 bits per heavy atom. The number of nitrogens with one attached hydrogen (secondary N) is 1. The molecule has 4 rings (SSSR count). The lowest BCUT2D eigenvalue weighted by molar-refractivity contribution is -0.153. The second-order valence-electron chi connectivity index (χ2n) is 8.38. The zero-order valence-corrected chi connectivity index (χ0v) is 19.8. The normalized spacial score (nSPS) is 25.8. The van der Waals surface area contributed by atoms with E-state index in [1.165, 1.54) is 21.3 Å². The Kier molecular flexibility index (Phi) is 6.22. The third-order valence-electron chi connectivity index (χ3n) is 6.57. The molecule has 9 heteroatoms. The number of carbonyl (C=O) groups excluding carboxylic acids is 3. The van der Waals surface area contributed by atoms with Gasteiger partial charge in [0, 0.05) is 12.1 Å². The molecule has 0 aliphatic carbocycles. The molecule has 0 aromatic heterocycles. The maximum Gasteiger partial charge on any atom is 0.326 e. The van der Waals surface area contributed by atoms with E-state index in [0.717, 1.165) is 4.90 Å². The molecule has 2 aromatic rings. The summed E-state index contributed by atoms with van der Waals surface area (Å²) < 4.78 is 21.3. The van der Waals surface area contributed by atoms with Crippen LogP contribution in [0.15, 0.2) is 42.5 Å². The summed E-state index contributed by atoms with van der Waals surface area (Å²) >= 11 is 0. The topological polar surface area (TPSA) is 103 Å². The molecule has 2 fully saturated rings. The summed E-state index contributed by atoms with van der Waals surface area (Å²) in [4.78, 5) is 41.7. The van der Waals surface area contributed by atoms with Crippen LogP contribution in [-0.4, -0.2) is 51.3 Å². The van der Waals surface area contributed by atoms with E-state index in [0.29, 0.717) is 28.5 Å². The molecular weight excluding hydrogens is 440 g/mol. The standard InChI is InChI=1S/C25H28N2O7/c1-6-34-24(30)25(2)20-19(21(26-25)14-10-11-17(32-4)18(12-14)33-5)22(28)27(23(20)29)15-8-7-9-16(13-15)31-3/h7-13,19-21,26H,6H2,1-5H3/t19-,20+,21-,25-/m0/s1. The first-order chi connectivity index (χ1) is 16.3. The minimum atomic E-state index is -1.40. The van der Waals surface area contributed by atoms with Gasteiger partial charge in [0.1, 0.15) is 11.3 Å². The number of rotatable bonds is 7. The highest BCUT2D eigenvalue weighted by Crippen LogP contribution is 2.50. The van der Waals surface area contributed by atoms with Crippen molar-refractivity contribution in [3.63, 3.8) is 0 Å². The molecule has 34 heavy (non-hydrogen) atoms. The third-order valence-corrected chi connectivity index (χ3v) is 6.57. The predicted octanol–water partition coefficient (Wildman–Crippen LogP) is 2.48. The number of anilines is 1. The van der Waals surface area contributed by atoms with Gasteiger partial charge in [0.05, 0.1) is 45.5 Å². The van der Waals surface area contributed by atoms with Crippen molar-refractivity contribution in [3.05, 3.63) is 48.0 Å². The maximum atomic E-state index is 13.7. The maximum absolute atomic E-state index is 13.7. The zero-order chi connectivity index (χ0) is 24.6. The minimum absolute atomic E-state index is 0.149. The number of ether oxygens (including phenoxy) is 4. The summed E-state index contributed by atoms with van der Waals surface area (Å²) in [5.41, 5.74) is -0.325. The van der Waals surface area contributed by atoms with Crippen LogP contribution in [0.4, 0.5) is 5.69 Å². The highest BCUT2D eigenvalue weighted by atomic mass is 16.5. The Hall–Kier alpha value is -3.59. The Labute approximate surface area is 197 Å². The van der Waals surface area contributed by atoms with Gasteiger partial charge in [0.2, 0.25) is 11.8 Å². The molecule has 2 saturated heterocycles. The van der Waals surface area contributed by atoms with Crippen molar-refractivity contribution < 1.29 is 33.3 Å².